The maximum absolute atomic E-state index is 13.8. The topological polar surface area (TPSA) is 35.2 Å². The zero-order valence-electron chi connectivity index (χ0n) is 10.0. The van der Waals surface area contributed by atoms with Gasteiger partial charge >= 0.3 is 0 Å². The maximum atomic E-state index is 13.8. The van der Waals surface area contributed by atoms with Gasteiger partial charge in [0.25, 0.3) is 0 Å². The monoisotopic (exact) mass is 265 g/mol. The summed E-state index contributed by atoms with van der Waals surface area (Å²) in [5, 5.41) is 0. The molecule has 0 spiro atoms. The molecule has 0 aliphatic heterocycles. The average Bonchev–Trinajstić information content (AvgIpc) is 2.26. The Morgan fingerprint density at radius 3 is 2.53 bits per heavy atom. The second kappa shape index (κ2) is 7.45. The van der Waals surface area contributed by atoms with Crippen molar-refractivity contribution in [3.8, 4) is 5.75 Å². The number of rotatable bonds is 5. The van der Waals surface area contributed by atoms with Crippen molar-refractivity contribution in [2.45, 2.75) is 32.2 Å². The number of hydrogen-bond donors (Lipinski definition) is 1. The molecule has 2 nitrogen and oxygen atoms in total. The van der Waals surface area contributed by atoms with Crippen LogP contribution >= 0.6 is 12.4 Å². The first-order valence-corrected chi connectivity index (χ1v) is 5.39. The molecule has 0 saturated heterocycles. The van der Waals surface area contributed by atoms with Crippen LogP contribution in [0.2, 0.25) is 0 Å². The molecular formula is C12H18ClF2NO. The Bertz CT molecular complexity index is 361. The molecule has 1 aromatic rings. The molecule has 17 heavy (non-hydrogen) atoms. The fourth-order valence-corrected chi connectivity index (χ4v) is 1.62. The predicted octanol–water partition coefficient (Wildman–Crippen LogP) is 3.59. The van der Waals surface area contributed by atoms with Crippen molar-refractivity contribution < 1.29 is 13.5 Å². The smallest absolute Gasteiger partial charge is 0.172 e. The van der Waals surface area contributed by atoms with E-state index < -0.39 is 17.7 Å². The normalized spacial score (nSPS) is 11.8. The quantitative estimate of drug-likeness (QED) is 0.883. The maximum Gasteiger partial charge on any atom is 0.172 e. The van der Waals surface area contributed by atoms with Crippen LogP contribution in [0.15, 0.2) is 12.1 Å². The number of methoxy groups -OCH3 is 1. The summed E-state index contributed by atoms with van der Waals surface area (Å²) in [6.45, 7) is 2.00. The van der Waals surface area contributed by atoms with Crippen LogP contribution < -0.4 is 10.5 Å². The molecule has 0 aliphatic carbocycles. The minimum atomic E-state index is -0.689. The minimum Gasteiger partial charge on any atom is -0.494 e. The summed E-state index contributed by atoms with van der Waals surface area (Å²) in [5.74, 6) is -1.27. The summed E-state index contributed by atoms with van der Waals surface area (Å²) in [7, 11) is 1.34. The van der Waals surface area contributed by atoms with Gasteiger partial charge in [-0.15, -0.1) is 12.4 Å². The highest BCUT2D eigenvalue weighted by molar-refractivity contribution is 5.85. The van der Waals surface area contributed by atoms with E-state index in [1.54, 1.807) is 0 Å². The molecule has 5 heteroatoms. The van der Waals surface area contributed by atoms with Gasteiger partial charge in [0.1, 0.15) is 5.82 Å². The largest absolute Gasteiger partial charge is 0.494 e. The van der Waals surface area contributed by atoms with Crippen LogP contribution in [0.25, 0.3) is 0 Å². The van der Waals surface area contributed by atoms with E-state index >= 15 is 0 Å². The van der Waals surface area contributed by atoms with Gasteiger partial charge in [-0.1, -0.05) is 19.8 Å². The van der Waals surface area contributed by atoms with Crippen molar-refractivity contribution in [1.82, 2.24) is 0 Å². The Morgan fingerprint density at radius 2 is 2.00 bits per heavy atom. The first-order chi connectivity index (χ1) is 7.61. The zero-order chi connectivity index (χ0) is 12.1. The van der Waals surface area contributed by atoms with E-state index in [0.717, 1.165) is 12.8 Å². The highest BCUT2D eigenvalue weighted by Crippen LogP contribution is 2.28. The fourth-order valence-electron chi connectivity index (χ4n) is 1.62. The average molecular weight is 266 g/mol. The second-order valence-corrected chi connectivity index (χ2v) is 3.73. The zero-order valence-corrected chi connectivity index (χ0v) is 10.8. The van der Waals surface area contributed by atoms with Crippen LogP contribution in [0.3, 0.4) is 0 Å². The molecule has 0 amide bonds. The number of ether oxygens (including phenoxy) is 1. The number of unbranched alkanes of at least 4 members (excludes halogenated alkanes) is 1. The van der Waals surface area contributed by atoms with Gasteiger partial charge in [0.15, 0.2) is 11.6 Å². The Labute approximate surface area is 107 Å². The van der Waals surface area contributed by atoms with Crippen molar-refractivity contribution in [3.63, 3.8) is 0 Å². The molecule has 98 valence electrons. The summed E-state index contributed by atoms with van der Waals surface area (Å²) in [6.07, 6.45) is 2.36. The number of halogens is 3. The third-order valence-corrected chi connectivity index (χ3v) is 2.55. The summed E-state index contributed by atoms with van der Waals surface area (Å²) < 4.78 is 32.0. The minimum absolute atomic E-state index is 0. The van der Waals surface area contributed by atoms with Crippen LogP contribution in [0.1, 0.15) is 37.8 Å². The van der Waals surface area contributed by atoms with Gasteiger partial charge in [-0.2, -0.15) is 0 Å². The van der Waals surface area contributed by atoms with Gasteiger partial charge in [-0.25, -0.2) is 8.78 Å². The second-order valence-electron chi connectivity index (χ2n) is 3.73. The van der Waals surface area contributed by atoms with Crippen LogP contribution in [-0.4, -0.2) is 7.11 Å². The molecule has 0 aromatic heterocycles. The molecule has 0 fully saturated rings. The van der Waals surface area contributed by atoms with Crippen molar-refractivity contribution in [1.29, 1.82) is 0 Å². The third kappa shape index (κ3) is 3.82. The van der Waals surface area contributed by atoms with Gasteiger partial charge in [-0.05, 0) is 18.6 Å². The summed E-state index contributed by atoms with van der Waals surface area (Å²) in [6, 6.07) is 1.83. The van der Waals surface area contributed by atoms with Gasteiger partial charge in [0.2, 0.25) is 0 Å². The lowest BCUT2D eigenvalue weighted by Gasteiger charge is -2.15. The fraction of sp³-hybridized carbons (Fsp3) is 0.500. The van der Waals surface area contributed by atoms with Crippen molar-refractivity contribution in [2.75, 3.05) is 7.11 Å². The lowest BCUT2D eigenvalue weighted by molar-refractivity contribution is 0.376. The Balaban J connectivity index is 0.00000256. The van der Waals surface area contributed by atoms with Gasteiger partial charge in [0.05, 0.1) is 7.11 Å². The van der Waals surface area contributed by atoms with Crippen LogP contribution in [0.5, 0.6) is 5.75 Å². The van der Waals surface area contributed by atoms with Crippen molar-refractivity contribution in [3.05, 3.63) is 29.3 Å². The molecule has 0 bridgehead atoms. The molecule has 1 rings (SSSR count). The molecule has 1 atom stereocenters. The van der Waals surface area contributed by atoms with E-state index in [9.17, 15) is 8.78 Å². The molecule has 0 heterocycles. The molecule has 0 aliphatic rings. The first-order valence-electron chi connectivity index (χ1n) is 5.39. The number of nitrogens with two attached hydrogens (primary N) is 1. The lowest BCUT2D eigenvalue weighted by atomic mass is 10.0. The van der Waals surface area contributed by atoms with E-state index in [1.807, 2.05) is 6.92 Å². The Morgan fingerprint density at radius 1 is 1.35 bits per heavy atom. The van der Waals surface area contributed by atoms with Gasteiger partial charge in [0, 0.05) is 11.6 Å². The van der Waals surface area contributed by atoms with E-state index in [4.69, 9.17) is 10.5 Å². The lowest BCUT2D eigenvalue weighted by Crippen LogP contribution is -2.14. The van der Waals surface area contributed by atoms with E-state index in [1.165, 1.54) is 19.2 Å². The highest BCUT2D eigenvalue weighted by atomic mass is 35.5. The van der Waals surface area contributed by atoms with E-state index in [0.29, 0.717) is 6.42 Å². The number of hydrogen-bond acceptors (Lipinski definition) is 2. The van der Waals surface area contributed by atoms with Gasteiger partial charge in [-0.3, -0.25) is 0 Å². The third-order valence-electron chi connectivity index (χ3n) is 2.55. The Kier molecular flexibility index (Phi) is 7.07. The van der Waals surface area contributed by atoms with Gasteiger partial charge < -0.3 is 10.5 Å². The van der Waals surface area contributed by atoms with Crippen molar-refractivity contribution >= 4 is 12.4 Å². The van der Waals surface area contributed by atoms with E-state index in [-0.39, 0.29) is 23.7 Å². The van der Waals surface area contributed by atoms with Crippen molar-refractivity contribution in [2.24, 2.45) is 5.73 Å². The highest BCUT2D eigenvalue weighted by Gasteiger charge is 2.19. The molecule has 1 aromatic carbocycles. The van der Waals surface area contributed by atoms with Crippen LogP contribution in [0, 0.1) is 11.6 Å². The molecule has 0 unspecified atom stereocenters. The SMILES string of the molecule is CCCC[C@@H](N)c1c(F)ccc(OC)c1F.Cl. The first kappa shape index (κ1) is 16.1. The number of benzene rings is 1. The molecule has 2 N–H and O–H groups in total. The van der Waals surface area contributed by atoms with Crippen LogP contribution in [0.4, 0.5) is 8.78 Å². The standard InChI is InChI=1S/C12H17F2NO.ClH/c1-3-4-5-9(15)11-8(13)6-7-10(16-2)12(11)14;/h6-7,9H,3-5,15H2,1-2H3;1H/t9-;/m1./s1. The van der Waals surface area contributed by atoms with Crippen LogP contribution in [-0.2, 0) is 0 Å². The molecule has 0 saturated carbocycles. The summed E-state index contributed by atoms with van der Waals surface area (Å²) >= 11 is 0. The molecule has 0 radical (unpaired) electrons. The van der Waals surface area contributed by atoms with E-state index in [2.05, 4.69) is 0 Å². The molecular weight excluding hydrogens is 248 g/mol. The predicted molar refractivity (Wildman–Crippen MR) is 66.6 cm³/mol. The summed E-state index contributed by atoms with van der Waals surface area (Å²) in [5.41, 5.74) is 5.69. The Hall–Kier alpha value is -0.870. The summed E-state index contributed by atoms with van der Waals surface area (Å²) in [4.78, 5) is 0.